The van der Waals surface area contributed by atoms with Gasteiger partial charge in [0.2, 0.25) is 0 Å². The number of aliphatic hydroxyl groups excluding tert-OH is 2. The third kappa shape index (κ3) is 54.1. The van der Waals surface area contributed by atoms with E-state index in [4.69, 9.17) is 24.4 Å². The van der Waals surface area contributed by atoms with Crippen molar-refractivity contribution in [2.45, 2.75) is 214 Å². The molecule has 0 spiro atoms. The fourth-order valence-corrected chi connectivity index (χ4v) is 5.00. The number of rotatable bonds is 34. The standard InChI is InChI=1S/C23H47NO3.C14H30O.C5H12O2/c1-4-5-6-7-8-9-10-11-12-13-14-15-19-26-20-16-21-27-23(25)24-18-17-22(2)3;1-2-3-4-5-6-7-8-9-10-11-12-13-14-15;1-5(2,4-6)7-3/h22H,4-21H2,1-3H3,(H,24,25);15H,2-14H2,1H3;6H,4H2,1-3H3. The molecular weight excluding hydrogens is 614 g/mol. The van der Waals surface area contributed by atoms with Crippen molar-refractivity contribution < 1.29 is 29.2 Å². The van der Waals surface area contributed by atoms with Crippen LogP contribution in [0.2, 0.25) is 0 Å². The highest BCUT2D eigenvalue weighted by Crippen LogP contribution is 2.13. The van der Waals surface area contributed by atoms with Crippen molar-refractivity contribution in [2.24, 2.45) is 5.92 Å². The van der Waals surface area contributed by atoms with Crippen LogP contribution in [0.15, 0.2) is 0 Å². The highest BCUT2D eigenvalue weighted by molar-refractivity contribution is 5.66. The molecule has 0 bridgehead atoms. The summed E-state index contributed by atoms with van der Waals surface area (Å²) >= 11 is 0. The van der Waals surface area contributed by atoms with Gasteiger partial charge >= 0.3 is 6.09 Å². The number of alkyl carbamates (subject to hydrolysis) is 1. The second-order valence-electron chi connectivity index (χ2n) is 14.8. The molecule has 3 N–H and O–H groups in total. The molecule has 0 unspecified atom stereocenters. The van der Waals surface area contributed by atoms with E-state index in [9.17, 15) is 4.79 Å². The zero-order chi connectivity index (χ0) is 37.1. The van der Waals surface area contributed by atoms with Crippen LogP contribution in [0.5, 0.6) is 0 Å². The number of methoxy groups -OCH3 is 1. The van der Waals surface area contributed by atoms with E-state index < -0.39 is 0 Å². The molecule has 0 saturated heterocycles. The van der Waals surface area contributed by atoms with Gasteiger partial charge in [0.05, 0.1) is 18.8 Å². The normalized spacial score (nSPS) is 11.1. The Hall–Kier alpha value is -0.890. The average molecular weight is 704 g/mol. The van der Waals surface area contributed by atoms with Crippen molar-refractivity contribution in [3.63, 3.8) is 0 Å². The Balaban J connectivity index is -0.000000799. The summed E-state index contributed by atoms with van der Waals surface area (Å²) in [7, 11) is 1.58. The summed E-state index contributed by atoms with van der Waals surface area (Å²) in [6.07, 6.45) is 34.1. The Labute approximate surface area is 306 Å². The van der Waals surface area contributed by atoms with Gasteiger partial charge in [-0.1, -0.05) is 169 Å². The maximum atomic E-state index is 11.4. The van der Waals surface area contributed by atoms with E-state index in [1.165, 1.54) is 141 Å². The second kappa shape index (κ2) is 45.1. The van der Waals surface area contributed by atoms with Crippen molar-refractivity contribution in [1.29, 1.82) is 0 Å². The van der Waals surface area contributed by atoms with Crippen molar-refractivity contribution in [1.82, 2.24) is 5.32 Å². The Morgan fingerprint density at radius 1 is 0.592 bits per heavy atom. The summed E-state index contributed by atoms with van der Waals surface area (Å²) in [5.41, 5.74) is -0.361. The van der Waals surface area contributed by atoms with Gasteiger partial charge in [-0.15, -0.1) is 0 Å². The fourth-order valence-electron chi connectivity index (χ4n) is 5.00. The molecule has 0 aromatic heterocycles. The lowest BCUT2D eigenvalue weighted by Crippen LogP contribution is -2.26. The largest absolute Gasteiger partial charge is 0.449 e. The monoisotopic (exact) mass is 704 g/mol. The van der Waals surface area contributed by atoms with Gasteiger partial charge in [0.25, 0.3) is 0 Å². The van der Waals surface area contributed by atoms with Crippen LogP contribution in [0.3, 0.4) is 0 Å². The number of hydrogen-bond donors (Lipinski definition) is 3. The van der Waals surface area contributed by atoms with Gasteiger partial charge in [-0.3, -0.25) is 0 Å². The first-order valence-corrected chi connectivity index (χ1v) is 21.0. The van der Waals surface area contributed by atoms with Gasteiger partial charge < -0.3 is 29.7 Å². The van der Waals surface area contributed by atoms with E-state index in [0.29, 0.717) is 32.3 Å². The van der Waals surface area contributed by atoms with Crippen molar-refractivity contribution >= 4 is 6.09 Å². The first-order chi connectivity index (χ1) is 23.7. The number of amides is 1. The summed E-state index contributed by atoms with van der Waals surface area (Å²) in [6.45, 7) is 15.6. The first-order valence-electron chi connectivity index (χ1n) is 21.0. The van der Waals surface area contributed by atoms with Gasteiger partial charge in [0.15, 0.2) is 0 Å². The SMILES string of the molecule is CCCCCCCCCCCCCCO.CCCCCCCCCCCCCCOCCCOC(=O)NCCC(C)C.COC(C)(C)CO. The predicted octanol–water partition coefficient (Wildman–Crippen LogP) is 11.9. The van der Waals surface area contributed by atoms with Crippen molar-refractivity contribution in [3.8, 4) is 0 Å². The first kappa shape index (κ1) is 52.5. The van der Waals surface area contributed by atoms with Gasteiger partial charge in [0.1, 0.15) is 0 Å². The summed E-state index contributed by atoms with van der Waals surface area (Å²) in [5.74, 6) is 0.596. The highest BCUT2D eigenvalue weighted by Gasteiger charge is 2.12. The molecule has 0 aliphatic rings. The fraction of sp³-hybridized carbons (Fsp3) is 0.976. The minimum atomic E-state index is -0.361. The number of nitrogens with one attached hydrogen (secondary N) is 1. The van der Waals surface area contributed by atoms with Crippen LogP contribution in [-0.2, 0) is 14.2 Å². The van der Waals surface area contributed by atoms with Gasteiger partial charge in [-0.05, 0) is 39.0 Å². The van der Waals surface area contributed by atoms with Crippen LogP contribution in [0, 0.1) is 5.92 Å². The molecule has 7 nitrogen and oxygen atoms in total. The molecule has 0 radical (unpaired) electrons. The maximum Gasteiger partial charge on any atom is 0.407 e. The molecule has 0 rings (SSSR count). The second-order valence-corrected chi connectivity index (χ2v) is 14.8. The molecule has 0 aromatic rings. The third-order valence-electron chi connectivity index (χ3n) is 8.74. The molecular formula is C42H89NO6. The van der Waals surface area contributed by atoms with Crippen LogP contribution >= 0.6 is 0 Å². The lowest BCUT2D eigenvalue weighted by atomic mass is 10.1. The van der Waals surface area contributed by atoms with E-state index in [-0.39, 0.29) is 18.3 Å². The number of unbranched alkanes of at least 4 members (excludes halogenated alkanes) is 22. The summed E-state index contributed by atoms with van der Waals surface area (Å²) in [4.78, 5) is 11.4. The van der Waals surface area contributed by atoms with E-state index in [1.54, 1.807) is 7.11 Å². The van der Waals surface area contributed by atoms with Gasteiger partial charge in [-0.25, -0.2) is 4.79 Å². The number of hydrogen-bond acceptors (Lipinski definition) is 6. The van der Waals surface area contributed by atoms with Gasteiger partial charge in [0, 0.05) is 39.9 Å². The molecule has 49 heavy (non-hydrogen) atoms. The Morgan fingerprint density at radius 3 is 1.33 bits per heavy atom. The highest BCUT2D eigenvalue weighted by atomic mass is 16.5. The average Bonchev–Trinajstić information content (AvgIpc) is 3.09. The summed E-state index contributed by atoms with van der Waals surface area (Å²) < 4.78 is 15.6. The minimum Gasteiger partial charge on any atom is -0.449 e. The molecule has 0 aromatic carbocycles. The smallest absolute Gasteiger partial charge is 0.407 e. The summed E-state index contributed by atoms with van der Waals surface area (Å²) in [6, 6.07) is 0. The van der Waals surface area contributed by atoms with Crippen LogP contribution < -0.4 is 5.32 Å². The molecule has 1 amide bonds. The Morgan fingerprint density at radius 2 is 0.980 bits per heavy atom. The molecule has 0 aliphatic carbocycles. The van der Waals surface area contributed by atoms with Crippen LogP contribution in [0.1, 0.15) is 208 Å². The topological polar surface area (TPSA) is 97.2 Å². The minimum absolute atomic E-state index is 0.0729. The van der Waals surface area contributed by atoms with E-state index in [0.717, 1.165) is 32.3 Å². The molecule has 0 atom stereocenters. The van der Waals surface area contributed by atoms with Crippen molar-refractivity contribution in [3.05, 3.63) is 0 Å². The number of aliphatic hydroxyl groups is 2. The van der Waals surface area contributed by atoms with Crippen molar-refractivity contribution in [2.75, 3.05) is 46.7 Å². The predicted molar refractivity (Wildman–Crippen MR) is 212 cm³/mol. The van der Waals surface area contributed by atoms with E-state index in [1.807, 2.05) is 13.8 Å². The lowest BCUT2D eigenvalue weighted by molar-refractivity contribution is -0.0226. The quantitative estimate of drug-likeness (QED) is 0.0577. The molecule has 0 aliphatic heterocycles. The lowest BCUT2D eigenvalue weighted by Gasteiger charge is -2.18. The molecule has 7 heteroatoms. The molecule has 0 fully saturated rings. The van der Waals surface area contributed by atoms with Gasteiger partial charge in [-0.2, -0.15) is 0 Å². The molecule has 0 saturated carbocycles. The Bertz CT molecular complexity index is 584. The van der Waals surface area contributed by atoms with Crippen LogP contribution in [0.25, 0.3) is 0 Å². The number of carbonyl (C=O) groups excluding carboxylic acids is 1. The number of carbonyl (C=O) groups is 1. The third-order valence-corrected chi connectivity index (χ3v) is 8.74. The maximum absolute atomic E-state index is 11.4. The van der Waals surface area contributed by atoms with Crippen LogP contribution in [-0.4, -0.2) is 68.6 Å². The molecule has 0 heterocycles. The zero-order valence-corrected chi connectivity index (χ0v) is 34.2. The number of ether oxygens (including phenoxy) is 3. The van der Waals surface area contributed by atoms with E-state index in [2.05, 4.69) is 33.0 Å². The Kier molecular flexibility index (Phi) is 48.3. The molecule has 298 valence electrons. The van der Waals surface area contributed by atoms with E-state index >= 15 is 0 Å². The zero-order valence-electron chi connectivity index (χ0n) is 34.2. The van der Waals surface area contributed by atoms with Crippen LogP contribution in [0.4, 0.5) is 4.79 Å². The summed E-state index contributed by atoms with van der Waals surface area (Å²) in [5, 5.41) is 19.8.